The van der Waals surface area contributed by atoms with Crippen LogP contribution in [0.4, 0.5) is 0 Å². The molecule has 0 saturated heterocycles. The van der Waals surface area contributed by atoms with Gasteiger partial charge in [-0.05, 0) is 45.2 Å². The summed E-state index contributed by atoms with van der Waals surface area (Å²) in [4.78, 5) is 12.5. The highest BCUT2D eigenvalue weighted by molar-refractivity contribution is 7.99. The number of aromatic nitrogens is 2. The van der Waals surface area contributed by atoms with Crippen LogP contribution in [0, 0.1) is 12.8 Å². The van der Waals surface area contributed by atoms with Crippen molar-refractivity contribution in [2.24, 2.45) is 13.0 Å². The highest BCUT2D eigenvalue weighted by Crippen LogP contribution is 2.43. The maximum Gasteiger partial charge on any atom is 0.327 e. The van der Waals surface area contributed by atoms with E-state index in [1.165, 1.54) is 0 Å². The molecule has 1 aromatic rings. The first-order chi connectivity index (χ1) is 10.0. The van der Waals surface area contributed by atoms with E-state index >= 15 is 0 Å². The van der Waals surface area contributed by atoms with Crippen molar-refractivity contribution in [3.63, 3.8) is 0 Å². The SMILES string of the molecule is CCNC(CSc1cc(C)nn1C)(C(=O)OCC)C1CC1. The molecule has 1 aliphatic rings. The Hall–Kier alpha value is -1.01. The van der Waals surface area contributed by atoms with Gasteiger partial charge in [-0.3, -0.25) is 9.48 Å². The zero-order chi connectivity index (χ0) is 15.5. The third-order valence-electron chi connectivity index (χ3n) is 3.81. The van der Waals surface area contributed by atoms with Gasteiger partial charge in [-0.2, -0.15) is 5.10 Å². The summed E-state index contributed by atoms with van der Waals surface area (Å²) in [5.74, 6) is 0.961. The number of hydrogen-bond acceptors (Lipinski definition) is 5. The van der Waals surface area contributed by atoms with Crippen molar-refractivity contribution in [3.8, 4) is 0 Å². The maximum absolute atomic E-state index is 12.5. The number of carbonyl (C=O) groups excluding carboxylic acids is 1. The third kappa shape index (κ3) is 3.61. The first-order valence-corrected chi connectivity index (χ1v) is 8.57. The van der Waals surface area contributed by atoms with Gasteiger partial charge in [0.1, 0.15) is 5.54 Å². The van der Waals surface area contributed by atoms with E-state index in [0.717, 1.165) is 30.1 Å². The summed E-state index contributed by atoms with van der Waals surface area (Å²) in [6.07, 6.45) is 2.19. The molecular weight excluding hydrogens is 286 g/mol. The number of ether oxygens (including phenoxy) is 1. The number of likely N-dealkylation sites (N-methyl/N-ethyl adjacent to an activating group) is 1. The minimum atomic E-state index is -0.562. The van der Waals surface area contributed by atoms with Crippen LogP contribution < -0.4 is 5.32 Å². The van der Waals surface area contributed by atoms with Crippen LogP contribution in [0.1, 0.15) is 32.4 Å². The molecule has 1 heterocycles. The van der Waals surface area contributed by atoms with Crippen LogP contribution in [0.2, 0.25) is 0 Å². The van der Waals surface area contributed by atoms with Gasteiger partial charge in [0, 0.05) is 12.8 Å². The molecule has 0 spiro atoms. The molecule has 1 aromatic heterocycles. The number of nitrogens with zero attached hydrogens (tertiary/aromatic N) is 2. The summed E-state index contributed by atoms with van der Waals surface area (Å²) in [7, 11) is 1.94. The van der Waals surface area contributed by atoms with E-state index in [4.69, 9.17) is 4.74 Å². The van der Waals surface area contributed by atoms with Crippen molar-refractivity contribution in [2.75, 3.05) is 18.9 Å². The lowest BCUT2D eigenvalue weighted by molar-refractivity contribution is -0.151. The van der Waals surface area contributed by atoms with Crippen molar-refractivity contribution in [1.29, 1.82) is 0 Å². The number of rotatable bonds is 8. The van der Waals surface area contributed by atoms with Crippen LogP contribution in [-0.2, 0) is 16.6 Å². The minimum absolute atomic E-state index is 0.110. The van der Waals surface area contributed by atoms with Crippen LogP contribution >= 0.6 is 11.8 Å². The number of esters is 1. The van der Waals surface area contributed by atoms with Gasteiger partial charge in [0.2, 0.25) is 0 Å². The van der Waals surface area contributed by atoms with Crippen molar-refractivity contribution in [2.45, 2.75) is 44.2 Å². The fourth-order valence-electron chi connectivity index (χ4n) is 2.67. The lowest BCUT2D eigenvalue weighted by Gasteiger charge is -2.32. The molecule has 1 atom stereocenters. The molecule has 1 N–H and O–H groups in total. The van der Waals surface area contributed by atoms with Gasteiger partial charge in [0.05, 0.1) is 17.3 Å². The number of thioether (sulfide) groups is 1. The molecular formula is C15H25N3O2S. The predicted molar refractivity (Wildman–Crippen MR) is 84.4 cm³/mol. The van der Waals surface area contributed by atoms with Crippen LogP contribution in [0.5, 0.6) is 0 Å². The Balaban J connectivity index is 2.15. The normalized spacial score (nSPS) is 17.5. The Morgan fingerprint density at radius 2 is 2.29 bits per heavy atom. The second kappa shape index (κ2) is 6.83. The average Bonchev–Trinajstić information content (AvgIpc) is 3.22. The van der Waals surface area contributed by atoms with Gasteiger partial charge in [-0.15, -0.1) is 11.8 Å². The number of carbonyl (C=O) groups is 1. The zero-order valence-corrected chi connectivity index (χ0v) is 14.1. The number of nitrogens with one attached hydrogen (secondary N) is 1. The van der Waals surface area contributed by atoms with Crippen LogP contribution in [-0.4, -0.2) is 40.2 Å². The molecule has 1 saturated carbocycles. The Morgan fingerprint density at radius 1 is 1.57 bits per heavy atom. The highest BCUT2D eigenvalue weighted by atomic mass is 32.2. The first kappa shape index (κ1) is 16.4. The second-order valence-corrected chi connectivity index (χ2v) is 6.53. The highest BCUT2D eigenvalue weighted by Gasteiger charge is 2.51. The number of hydrogen-bond donors (Lipinski definition) is 1. The number of aryl methyl sites for hydroxylation is 2. The molecule has 0 aliphatic heterocycles. The summed E-state index contributed by atoms with van der Waals surface area (Å²) in [6.45, 7) is 7.07. The van der Waals surface area contributed by atoms with Crippen molar-refractivity contribution in [1.82, 2.24) is 15.1 Å². The van der Waals surface area contributed by atoms with Gasteiger partial charge >= 0.3 is 5.97 Å². The molecule has 21 heavy (non-hydrogen) atoms. The molecule has 0 aromatic carbocycles. The monoisotopic (exact) mass is 311 g/mol. The van der Waals surface area contributed by atoms with E-state index in [2.05, 4.69) is 16.5 Å². The lowest BCUT2D eigenvalue weighted by Crippen LogP contribution is -2.57. The van der Waals surface area contributed by atoms with Crippen molar-refractivity contribution < 1.29 is 9.53 Å². The molecule has 6 heteroatoms. The van der Waals surface area contributed by atoms with E-state index in [0.29, 0.717) is 18.3 Å². The van der Waals surface area contributed by atoms with E-state index in [1.807, 2.05) is 32.5 Å². The molecule has 0 radical (unpaired) electrons. The predicted octanol–water partition coefficient (Wildman–Crippen LogP) is 2.14. The molecule has 2 rings (SSSR count). The molecule has 5 nitrogen and oxygen atoms in total. The molecule has 118 valence electrons. The summed E-state index contributed by atoms with van der Waals surface area (Å²) in [5.41, 5.74) is 0.435. The summed E-state index contributed by atoms with van der Waals surface area (Å²) >= 11 is 1.67. The average molecular weight is 311 g/mol. The quantitative estimate of drug-likeness (QED) is 0.589. The van der Waals surface area contributed by atoms with Crippen LogP contribution in [0.25, 0.3) is 0 Å². The standard InChI is InChI=1S/C15H25N3O2S/c1-5-16-15(12-7-8-12,14(19)20-6-2)10-21-13-9-11(3)17-18(13)4/h9,12,16H,5-8,10H2,1-4H3. The van der Waals surface area contributed by atoms with Gasteiger partial charge in [0.15, 0.2) is 0 Å². The van der Waals surface area contributed by atoms with Crippen LogP contribution in [0.15, 0.2) is 11.1 Å². The zero-order valence-electron chi connectivity index (χ0n) is 13.3. The Kier molecular flexibility index (Phi) is 5.32. The smallest absolute Gasteiger partial charge is 0.327 e. The fourth-order valence-corrected chi connectivity index (χ4v) is 3.98. The van der Waals surface area contributed by atoms with Gasteiger partial charge in [-0.1, -0.05) is 6.92 Å². The third-order valence-corrected chi connectivity index (χ3v) is 5.09. The Morgan fingerprint density at radius 3 is 2.76 bits per heavy atom. The molecule has 1 unspecified atom stereocenters. The summed E-state index contributed by atoms with van der Waals surface area (Å²) in [6, 6.07) is 2.05. The first-order valence-electron chi connectivity index (χ1n) is 7.59. The second-order valence-electron chi connectivity index (χ2n) is 5.53. The molecule has 1 fully saturated rings. The largest absolute Gasteiger partial charge is 0.465 e. The summed E-state index contributed by atoms with van der Waals surface area (Å²) in [5, 5.41) is 8.86. The Bertz CT molecular complexity index is 499. The van der Waals surface area contributed by atoms with E-state index in [9.17, 15) is 4.79 Å². The topological polar surface area (TPSA) is 56.2 Å². The summed E-state index contributed by atoms with van der Waals surface area (Å²) < 4.78 is 7.22. The fraction of sp³-hybridized carbons (Fsp3) is 0.733. The molecule has 0 bridgehead atoms. The van der Waals surface area contributed by atoms with Gasteiger partial charge in [0.25, 0.3) is 0 Å². The Labute approximate surface area is 130 Å². The molecule has 0 amide bonds. The van der Waals surface area contributed by atoms with Gasteiger partial charge < -0.3 is 10.1 Å². The van der Waals surface area contributed by atoms with Crippen molar-refractivity contribution >= 4 is 17.7 Å². The molecule has 1 aliphatic carbocycles. The van der Waals surface area contributed by atoms with Crippen molar-refractivity contribution in [3.05, 3.63) is 11.8 Å². The lowest BCUT2D eigenvalue weighted by atomic mass is 9.95. The van der Waals surface area contributed by atoms with E-state index in [-0.39, 0.29) is 5.97 Å². The van der Waals surface area contributed by atoms with Gasteiger partial charge in [-0.25, -0.2) is 0 Å². The maximum atomic E-state index is 12.5. The van der Waals surface area contributed by atoms with E-state index in [1.54, 1.807) is 11.8 Å². The van der Waals surface area contributed by atoms with Crippen LogP contribution in [0.3, 0.4) is 0 Å². The van der Waals surface area contributed by atoms with E-state index < -0.39 is 5.54 Å². The minimum Gasteiger partial charge on any atom is -0.465 e.